The van der Waals surface area contributed by atoms with Gasteiger partial charge in [0, 0.05) is 12.1 Å². The number of ether oxygens (including phenoxy) is 1. The molecule has 2 aromatic rings. The Kier molecular flexibility index (Phi) is 3.31. The van der Waals surface area contributed by atoms with Crippen LogP contribution in [0.1, 0.15) is 0 Å². The Bertz CT molecular complexity index is 509. The van der Waals surface area contributed by atoms with Gasteiger partial charge >= 0.3 is 0 Å². The van der Waals surface area contributed by atoms with Crippen LogP contribution in [0.15, 0.2) is 36.4 Å². The first-order valence-electron chi connectivity index (χ1n) is 4.84. The van der Waals surface area contributed by atoms with Crippen LogP contribution < -0.4 is 16.2 Å². The van der Waals surface area contributed by atoms with Gasteiger partial charge in [0.25, 0.3) is 0 Å². The number of nitrogen functional groups attached to an aromatic ring is 2. The molecular formula is C12H10Cl2N2O. The number of anilines is 2. The van der Waals surface area contributed by atoms with Gasteiger partial charge < -0.3 is 16.2 Å². The van der Waals surface area contributed by atoms with Gasteiger partial charge in [-0.25, -0.2) is 0 Å². The quantitative estimate of drug-likeness (QED) is 0.811. The van der Waals surface area contributed by atoms with E-state index in [9.17, 15) is 0 Å². The van der Waals surface area contributed by atoms with Crippen molar-refractivity contribution in [2.24, 2.45) is 0 Å². The van der Waals surface area contributed by atoms with E-state index in [4.69, 9.17) is 39.4 Å². The number of nitrogens with two attached hydrogens (primary N) is 2. The summed E-state index contributed by atoms with van der Waals surface area (Å²) >= 11 is 11.8. The van der Waals surface area contributed by atoms with Gasteiger partial charge in [-0.2, -0.15) is 0 Å². The number of hydrogen-bond donors (Lipinski definition) is 2. The Morgan fingerprint density at radius 1 is 0.765 bits per heavy atom. The summed E-state index contributed by atoms with van der Waals surface area (Å²) in [7, 11) is 0. The van der Waals surface area contributed by atoms with Gasteiger partial charge in [-0.05, 0) is 24.3 Å². The van der Waals surface area contributed by atoms with Gasteiger partial charge in [0.2, 0.25) is 0 Å². The fourth-order valence-corrected chi connectivity index (χ4v) is 1.62. The highest BCUT2D eigenvalue weighted by Gasteiger charge is 2.03. The van der Waals surface area contributed by atoms with E-state index in [1.807, 2.05) is 0 Å². The maximum atomic E-state index is 5.89. The van der Waals surface area contributed by atoms with Crippen molar-refractivity contribution in [2.45, 2.75) is 0 Å². The molecule has 0 unspecified atom stereocenters. The fourth-order valence-electron chi connectivity index (χ4n) is 1.28. The Hall–Kier alpha value is -1.58. The Morgan fingerprint density at radius 2 is 1.18 bits per heavy atom. The minimum Gasteiger partial charge on any atom is -0.457 e. The van der Waals surface area contributed by atoms with Crippen molar-refractivity contribution in [3.05, 3.63) is 46.4 Å². The third-order valence-electron chi connectivity index (χ3n) is 2.18. The van der Waals surface area contributed by atoms with Crippen LogP contribution in [-0.2, 0) is 0 Å². The van der Waals surface area contributed by atoms with Gasteiger partial charge in [0.05, 0.1) is 21.4 Å². The standard InChI is InChI=1S/C12H10Cl2N2O/c13-9-5-7(1-3-11(9)15)17-8-2-4-12(16)10(14)6-8/h1-6H,15-16H2. The van der Waals surface area contributed by atoms with Crippen LogP contribution in [0.2, 0.25) is 10.0 Å². The summed E-state index contributed by atoms with van der Waals surface area (Å²) < 4.78 is 5.57. The van der Waals surface area contributed by atoms with Crippen molar-refractivity contribution in [3.8, 4) is 11.5 Å². The molecular weight excluding hydrogens is 259 g/mol. The van der Waals surface area contributed by atoms with E-state index in [0.29, 0.717) is 32.9 Å². The molecule has 0 amide bonds. The van der Waals surface area contributed by atoms with Gasteiger partial charge in [0.1, 0.15) is 11.5 Å². The van der Waals surface area contributed by atoms with Crippen LogP contribution in [0.4, 0.5) is 11.4 Å². The summed E-state index contributed by atoms with van der Waals surface area (Å²) in [5.74, 6) is 1.18. The summed E-state index contributed by atoms with van der Waals surface area (Å²) in [6.07, 6.45) is 0. The number of rotatable bonds is 2. The molecule has 3 nitrogen and oxygen atoms in total. The zero-order chi connectivity index (χ0) is 12.4. The third kappa shape index (κ3) is 2.75. The summed E-state index contributed by atoms with van der Waals surface area (Å²) in [4.78, 5) is 0. The lowest BCUT2D eigenvalue weighted by molar-refractivity contribution is 0.483. The Labute approximate surface area is 109 Å². The van der Waals surface area contributed by atoms with Crippen molar-refractivity contribution >= 4 is 34.6 Å². The van der Waals surface area contributed by atoms with Crippen LogP contribution in [0.3, 0.4) is 0 Å². The molecule has 0 aromatic heterocycles. The molecule has 0 saturated heterocycles. The lowest BCUT2D eigenvalue weighted by Gasteiger charge is -2.08. The van der Waals surface area contributed by atoms with Gasteiger partial charge in [-0.15, -0.1) is 0 Å². The molecule has 0 heterocycles. The van der Waals surface area contributed by atoms with Crippen molar-refractivity contribution in [1.29, 1.82) is 0 Å². The zero-order valence-corrected chi connectivity index (χ0v) is 10.3. The first-order chi connectivity index (χ1) is 8.06. The van der Waals surface area contributed by atoms with Crippen molar-refractivity contribution in [2.75, 3.05) is 11.5 Å². The molecule has 88 valence electrons. The molecule has 0 saturated carbocycles. The fraction of sp³-hybridized carbons (Fsp3) is 0. The van der Waals surface area contributed by atoms with Gasteiger partial charge in [-0.1, -0.05) is 23.2 Å². The normalized spacial score (nSPS) is 10.2. The lowest BCUT2D eigenvalue weighted by atomic mass is 10.3. The van der Waals surface area contributed by atoms with E-state index in [2.05, 4.69) is 0 Å². The van der Waals surface area contributed by atoms with E-state index in [1.165, 1.54) is 0 Å². The minimum atomic E-state index is 0.448. The first kappa shape index (κ1) is 11.9. The molecule has 0 radical (unpaired) electrons. The van der Waals surface area contributed by atoms with Crippen molar-refractivity contribution < 1.29 is 4.74 Å². The van der Waals surface area contributed by atoms with Crippen LogP contribution in [0, 0.1) is 0 Å². The number of hydrogen-bond acceptors (Lipinski definition) is 3. The van der Waals surface area contributed by atoms with Gasteiger partial charge in [0.15, 0.2) is 0 Å². The predicted octanol–water partition coefficient (Wildman–Crippen LogP) is 3.95. The van der Waals surface area contributed by atoms with Crippen LogP contribution in [-0.4, -0.2) is 0 Å². The van der Waals surface area contributed by atoms with Crippen LogP contribution in [0.5, 0.6) is 11.5 Å². The van der Waals surface area contributed by atoms with Crippen molar-refractivity contribution in [3.63, 3.8) is 0 Å². The molecule has 17 heavy (non-hydrogen) atoms. The second-order valence-electron chi connectivity index (χ2n) is 3.47. The molecule has 0 fully saturated rings. The average molecular weight is 269 g/mol. The number of halogens is 2. The van der Waals surface area contributed by atoms with Gasteiger partial charge in [-0.3, -0.25) is 0 Å². The SMILES string of the molecule is Nc1ccc(Oc2ccc(N)c(Cl)c2)cc1Cl. The van der Waals surface area contributed by atoms with E-state index >= 15 is 0 Å². The molecule has 0 spiro atoms. The largest absolute Gasteiger partial charge is 0.457 e. The van der Waals surface area contributed by atoms with Crippen LogP contribution in [0.25, 0.3) is 0 Å². The highest BCUT2D eigenvalue weighted by molar-refractivity contribution is 6.33. The Balaban J connectivity index is 2.25. The second kappa shape index (κ2) is 4.73. The summed E-state index contributed by atoms with van der Waals surface area (Å²) in [5, 5.41) is 0.896. The summed E-state index contributed by atoms with van der Waals surface area (Å²) in [6, 6.07) is 10.1. The molecule has 0 aliphatic heterocycles. The molecule has 5 heteroatoms. The van der Waals surface area contributed by atoms with E-state index in [1.54, 1.807) is 36.4 Å². The molecule has 2 aromatic carbocycles. The summed E-state index contributed by atoms with van der Waals surface area (Å²) in [6.45, 7) is 0. The maximum absolute atomic E-state index is 5.89. The topological polar surface area (TPSA) is 61.3 Å². The average Bonchev–Trinajstić information content (AvgIpc) is 2.29. The van der Waals surface area contributed by atoms with E-state index in [-0.39, 0.29) is 0 Å². The molecule has 0 bridgehead atoms. The van der Waals surface area contributed by atoms with Crippen molar-refractivity contribution in [1.82, 2.24) is 0 Å². The third-order valence-corrected chi connectivity index (χ3v) is 2.83. The minimum absolute atomic E-state index is 0.448. The summed E-state index contributed by atoms with van der Waals surface area (Å²) in [5.41, 5.74) is 12.2. The Morgan fingerprint density at radius 3 is 1.53 bits per heavy atom. The zero-order valence-electron chi connectivity index (χ0n) is 8.78. The maximum Gasteiger partial charge on any atom is 0.129 e. The van der Waals surface area contributed by atoms with Crippen LogP contribution >= 0.6 is 23.2 Å². The molecule has 0 aliphatic carbocycles. The smallest absolute Gasteiger partial charge is 0.129 e. The number of benzene rings is 2. The molecule has 0 aliphatic rings. The first-order valence-corrected chi connectivity index (χ1v) is 5.60. The molecule has 2 rings (SSSR count). The molecule has 0 atom stereocenters. The lowest BCUT2D eigenvalue weighted by Crippen LogP contribution is -1.90. The highest BCUT2D eigenvalue weighted by Crippen LogP contribution is 2.30. The predicted molar refractivity (Wildman–Crippen MR) is 71.8 cm³/mol. The highest BCUT2D eigenvalue weighted by atomic mass is 35.5. The van der Waals surface area contributed by atoms with E-state index < -0.39 is 0 Å². The van der Waals surface area contributed by atoms with E-state index in [0.717, 1.165) is 0 Å². The monoisotopic (exact) mass is 268 g/mol. The molecule has 4 N–H and O–H groups in total. The second-order valence-corrected chi connectivity index (χ2v) is 4.28.